The van der Waals surface area contributed by atoms with Crippen molar-refractivity contribution in [2.75, 3.05) is 52.3 Å². The molecule has 2 aromatic carbocycles. The Morgan fingerprint density at radius 2 is 1.77 bits per heavy atom. The number of ether oxygens (including phenoxy) is 2. The molecule has 0 bridgehead atoms. The number of benzene rings is 2. The molecule has 1 saturated heterocycles. The summed E-state index contributed by atoms with van der Waals surface area (Å²) in [5.41, 5.74) is 2.42. The van der Waals surface area contributed by atoms with Crippen LogP contribution in [0.5, 0.6) is 5.75 Å². The quantitative estimate of drug-likeness (QED) is 0.358. The molecule has 0 saturated carbocycles. The highest BCUT2D eigenvalue weighted by Gasteiger charge is 2.24. The van der Waals surface area contributed by atoms with Gasteiger partial charge in [0.2, 0.25) is 11.8 Å². The highest BCUT2D eigenvalue weighted by atomic mass is 32.1. The van der Waals surface area contributed by atoms with E-state index in [0.717, 1.165) is 32.4 Å². The molecule has 4 rings (SSSR count). The monoisotopic (exact) mass is 564 g/mol. The average molecular weight is 565 g/mol. The number of carbonyl (C=O) groups excluding carboxylic acids is 3. The number of nitrogens with one attached hydrogen (secondary N) is 1. The molecule has 1 aliphatic rings. The maximum absolute atomic E-state index is 13.0. The summed E-state index contributed by atoms with van der Waals surface area (Å²) in [6.07, 6.45) is 3.24. The number of aromatic nitrogens is 1. The third-order valence-corrected chi connectivity index (χ3v) is 7.80. The predicted octanol–water partition coefficient (Wildman–Crippen LogP) is 3.90. The van der Waals surface area contributed by atoms with Crippen molar-refractivity contribution in [2.45, 2.75) is 25.7 Å². The van der Waals surface area contributed by atoms with Crippen LogP contribution in [0.25, 0.3) is 0 Å². The van der Waals surface area contributed by atoms with E-state index >= 15 is 0 Å². The van der Waals surface area contributed by atoms with Crippen molar-refractivity contribution in [1.29, 1.82) is 0 Å². The maximum atomic E-state index is 13.0. The van der Waals surface area contributed by atoms with E-state index in [1.54, 1.807) is 43.9 Å². The molecule has 0 spiro atoms. The van der Waals surface area contributed by atoms with E-state index in [1.807, 2.05) is 11.0 Å². The molecule has 0 aliphatic carbocycles. The Kier molecular flexibility index (Phi) is 10.7. The number of anilines is 1. The molecule has 1 fully saturated rings. The summed E-state index contributed by atoms with van der Waals surface area (Å²) in [6, 6.07) is 17.2. The minimum absolute atomic E-state index is 0.0529. The molecule has 40 heavy (non-hydrogen) atoms. The first-order valence-corrected chi connectivity index (χ1v) is 14.3. The zero-order valence-electron chi connectivity index (χ0n) is 23.0. The van der Waals surface area contributed by atoms with Crippen molar-refractivity contribution < 1.29 is 23.9 Å². The summed E-state index contributed by atoms with van der Waals surface area (Å²) in [5.74, 6) is 0.631. The van der Waals surface area contributed by atoms with Crippen LogP contribution >= 0.6 is 11.3 Å². The van der Waals surface area contributed by atoms with Crippen molar-refractivity contribution in [2.24, 2.45) is 5.92 Å². The second kappa shape index (κ2) is 14.6. The number of piperidine rings is 1. The van der Waals surface area contributed by atoms with Gasteiger partial charge >= 0.3 is 0 Å². The van der Waals surface area contributed by atoms with Gasteiger partial charge in [-0.05, 0) is 55.0 Å². The molecular formula is C30H36N4O5S. The van der Waals surface area contributed by atoms with Crippen molar-refractivity contribution in [3.8, 4) is 5.75 Å². The van der Waals surface area contributed by atoms with Crippen LogP contribution in [-0.4, -0.2) is 79.5 Å². The van der Waals surface area contributed by atoms with E-state index in [1.165, 1.54) is 21.8 Å². The Balaban J connectivity index is 1.26. The molecular weight excluding hydrogens is 528 g/mol. The van der Waals surface area contributed by atoms with Gasteiger partial charge in [0.05, 0.1) is 25.8 Å². The van der Waals surface area contributed by atoms with Crippen LogP contribution in [0, 0.1) is 5.92 Å². The molecule has 0 radical (unpaired) electrons. The molecule has 212 valence electrons. The second-order valence-electron chi connectivity index (χ2n) is 9.83. The van der Waals surface area contributed by atoms with Gasteiger partial charge in [0, 0.05) is 37.7 Å². The summed E-state index contributed by atoms with van der Waals surface area (Å²) in [4.78, 5) is 46.5. The molecule has 1 aliphatic heterocycles. The maximum Gasteiger partial charge on any atom is 0.254 e. The third-order valence-electron chi connectivity index (χ3n) is 6.99. The standard InChI is InChI=1S/C30H36N4O5S/c1-38-17-16-34(29(37)24-8-10-26(39-2)11-9-24)20-27(35)32-30-31-25(21-40-30)19-28(36)33-14-12-23(13-15-33)18-22-6-4-3-5-7-22/h3-11,21,23H,12-20H2,1-2H3,(H,31,32,35). The fourth-order valence-corrected chi connectivity index (χ4v) is 5.47. The summed E-state index contributed by atoms with van der Waals surface area (Å²) in [5, 5.41) is 4.96. The van der Waals surface area contributed by atoms with E-state index in [0.29, 0.717) is 34.7 Å². The van der Waals surface area contributed by atoms with Crippen LogP contribution in [0.15, 0.2) is 60.0 Å². The number of carbonyl (C=O) groups is 3. The first-order valence-electron chi connectivity index (χ1n) is 13.4. The van der Waals surface area contributed by atoms with Crippen LogP contribution in [0.2, 0.25) is 0 Å². The predicted molar refractivity (Wildman–Crippen MR) is 155 cm³/mol. The number of thiazole rings is 1. The summed E-state index contributed by atoms with van der Waals surface area (Å²) in [7, 11) is 3.10. The number of nitrogens with zero attached hydrogens (tertiary/aromatic N) is 3. The van der Waals surface area contributed by atoms with Crippen LogP contribution in [0.4, 0.5) is 5.13 Å². The van der Waals surface area contributed by atoms with Crippen LogP contribution < -0.4 is 10.1 Å². The van der Waals surface area contributed by atoms with Crippen molar-refractivity contribution in [1.82, 2.24) is 14.8 Å². The minimum Gasteiger partial charge on any atom is -0.497 e. The first kappa shape index (κ1) is 29.2. The lowest BCUT2D eigenvalue weighted by Crippen LogP contribution is -2.40. The van der Waals surface area contributed by atoms with Gasteiger partial charge in [-0.25, -0.2) is 4.98 Å². The van der Waals surface area contributed by atoms with Crippen LogP contribution in [-0.2, 0) is 27.2 Å². The lowest BCUT2D eigenvalue weighted by molar-refractivity contribution is -0.131. The fourth-order valence-electron chi connectivity index (χ4n) is 4.75. The molecule has 1 aromatic heterocycles. The number of hydrogen-bond donors (Lipinski definition) is 1. The number of likely N-dealkylation sites (tertiary alicyclic amines) is 1. The van der Waals surface area contributed by atoms with Crippen molar-refractivity contribution >= 4 is 34.2 Å². The molecule has 2 heterocycles. The Morgan fingerprint density at radius 3 is 2.45 bits per heavy atom. The molecule has 0 unspecified atom stereocenters. The van der Waals surface area contributed by atoms with E-state index in [-0.39, 0.29) is 37.2 Å². The first-order chi connectivity index (χ1) is 19.4. The fraction of sp³-hybridized carbons (Fsp3) is 0.400. The van der Waals surface area contributed by atoms with E-state index < -0.39 is 0 Å². The third kappa shape index (κ3) is 8.37. The van der Waals surface area contributed by atoms with Gasteiger partial charge in [-0.2, -0.15) is 0 Å². The van der Waals surface area contributed by atoms with Gasteiger partial charge in [-0.1, -0.05) is 30.3 Å². The van der Waals surface area contributed by atoms with Gasteiger partial charge in [-0.15, -0.1) is 11.3 Å². The zero-order chi connectivity index (χ0) is 28.3. The van der Waals surface area contributed by atoms with Gasteiger partial charge < -0.3 is 24.6 Å². The van der Waals surface area contributed by atoms with Gasteiger partial charge in [0.25, 0.3) is 5.91 Å². The van der Waals surface area contributed by atoms with Gasteiger partial charge in [0.15, 0.2) is 5.13 Å². The summed E-state index contributed by atoms with van der Waals surface area (Å²) < 4.78 is 10.3. The Hall–Kier alpha value is -3.76. The largest absolute Gasteiger partial charge is 0.497 e. The normalized spacial score (nSPS) is 13.6. The Morgan fingerprint density at radius 1 is 1.05 bits per heavy atom. The molecule has 0 atom stereocenters. The second-order valence-corrected chi connectivity index (χ2v) is 10.7. The molecule has 3 amide bonds. The molecule has 3 aromatic rings. The lowest BCUT2D eigenvalue weighted by atomic mass is 9.90. The van der Waals surface area contributed by atoms with E-state index in [9.17, 15) is 14.4 Å². The van der Waals surface area contributed by atoms with Crippen LogP contribution in [0.3, 0.4) is 0 Å². The van der Waals surface area contributed by atoms with Crippen molar-refractivity contribution in [3.05, 3.63) is 76.8 Å². The lowest BCUT2D eigenvalue weighted by Gasteiger charge is -2.32. The summed E-state index contributed by atoms with van der Waals surface area (Å²) >= 11 is 1.27. The Labute approximate surface area is 239 Å². The molecule has 10 heteroatoms. The highest BCUT2D eigenvalue weighted by Crippen LogP contribution is 2.23. The van der Waals surface area contributed by atoms with Gasteiger partial charge in [0.1, 0.15) is 12.3 Å². The summed E-state index contributed by atoms with van der Waals surface area (Å²) in [6.45, 7) is 1.91. The highest BCUT2D eigenvalue weighted by molar-refractivity contribution is 7.13. The van der Waals surface area contributed by atoms with Gasteiger partial charge in [-0.3, -0.25) is 14.4 Å². The SMILES string of the molecule is COCCN(CC(=O)Nc1nc(CC(=O)N2CCC(Cc3ccccc3)CC2)cs1)C(=O)c1ccc(OC)cc1. The number of hydrogen-bond acceptors (Lipinski definition) is 7. The molecule has 1 N–H and O–H groups in total. The van der Waals surface area contributed by atoms with E-state index in [4.69, 9.17) is 9.47 Å². The molecule has 9 nitrogen and oxygen atoms in total. The topological polar surface area (TPSA) is 101 Å². The minimum atomic E-state index is -0.370. The Bertz CT molecular complexity index is 1260. The smallest absolute Gasteiger partial charge is 0.254 e. The van der Waals surface area contributed by atoms with E-state index in [2.05, 4.69) is 34.6 Å². The average Bonchev–Trinajstić information content (AvgIpc) is 3.42. The number of methoxy groups -OCH3 is 2. The number of rotatable bonds is 12. The van der Waals surface area contributed by atoms with Crippen LogP contribution in [0.1, 0.15) is 34.5 Å². The van der Waals surface area contributed by atoms with Crippen molar-refractivity contribution in [3.63, 3.8) is 0 Å². The number of amides is 3. The zero-order valence-corrected chi connectivity index (χ0v) is 23.8.